The first-order chi connectivity index (χ1) is 12.7. The van der Waals surface area contributed by atoms with Gasteiger partial charge in [0.1, 0.15) is 11.4 Å². The van der Waals surface area contributed by atoms with Crippen molar-refractivity contribution in [1.82, 2.24) is 19.7 Å². The lowest BCUT2D eigenvalue weighted by Gasteiger charge is -2.11. The molecule has 1 aromatic carbocycles. The number of thioether (sulfide) groups is 1. The Labute approximate surface area is 155 Å². The summed E-state index contributed by atoms with van der Waals surface area (Å²) in [6.07, 6.45) is 1.71. The fourth-order valence-electron chi connectivity index (χ4n) is 2.33. The van der Waals surface area contributed by atoms with Crippen molar-refractivity contribution in [3.8, 4) is 17.3 Å². The number of aromatic nitrogens is 4. The highest BCUT2D eigenvalue weighted by Crippen LogP contribution is 2.25. The molecular formula is C18H19N5O2S. The van der Waals surface area contributed by atoms with Crippen LogP contribution in [0.15, 0.2) is 53.8 Å². The van der Waals surface area contributed by atoms with Crippen LogP contribution in [-0.2, 0) is 11.8 Å². The highest BCUT2D eigenvalue weighted by Gasteiger charge is 2.14. The number of nitrogens with one attached hydrogen (secondary N) is 1. The zero-order valence-corrected chi connectivity index (χ0v) is 15.4. The zero-order chi connectivity index (χ0) is 18.4. The van der Waals surface area contributed by atoms with Gasteiger partial charge in [0.05, 0.1) is 18.0 Å². The Balaban J connectivity index is 1.63. The first-order valence-electron chi connectivity index (χ1n) is 8.14. The van der Waals surface area contributed by atoms with Crippen molar-refractivity contribution in [3.05, 3.63) is 48.7 Å². The monoisotopic (exact) mass is 369 g/mol. The number of pyridine rings is 1. The maximum atomic E-state index is 12.3. The quantitative estimate of drug-likeness (QED) is 0.645. The summed E-state index contributed by atoms with van der Waals surface area (Å²) < 4.78 is 7.34. The van der Waals surface area contributed by atoms with E-state index in [0.29, 0.717) is 29.0 Å². The summed E-state index contributed by atoms with van der Waals surface area (Å²) in [5.41, 5.74) is 1.40. The number of hydrogen-bond donors (Lipinski definition) is 1. The number of carbonyl (C=O) groups excluding carboxylic acids is 1. The zero-order valence-electron chi connectivity index (χ0n) is 14.5. The summed E-state index contributed by atoms with van der Waals surface area (Å²) in [7, 11) is 1.86. The van der Waals surface area contributed by atoms with E-state index in [1.54, 1.807) is 6.20 Å². The van der Waals surface area contributed by atoms with Crippen molar-refractivity contribution in [3.63, 3.8) is 0 Å². The Hall–Kier alpha value is -2.87. The Morgan fingerprint density at radius 3 is 2.77 bits per heavy atom. The van der Waals surface area contributed by atoms with Crippen LogP contribution < -0.4 is 10.1 Å². The third kappa shape index (κ3) is 4.20. The van der Waals surface area contributed by atoms with Gasteiger partial charge in [-0.3, -0.25) is 9.78 Å². The molecule has 3 aromatic rings. The third-order valence-corrected chi connectivity index (χ3v) is 4.54. The van der Waals surface area contributed by atoms with Crippen LogP contribution in [0.3, 0.4) is 0 Å². The van der Waals surface area contributed by atoms with Crippen LogP contribution in [0, 0.1) is 0 Å². The van der Waals surface area contributed by atoms with Gasteiger partial charge in [0.25, 0.3) is 0 Å². The molecular weight excluding hydrogens is 350 g/mol. The normalized spacial score (nSPS) is 10.5. The molecule has 2 aromatic heterocycles. The minimum Gasteiger partial charge on any atom is -0.492 e. The van der Waals surface area contributed by atoms with Gasteiger partial charge in [-0.15, -0.1) is 10.2 Å². The van der Waals surface area contributed by atoms with Crippen LogP contribution in [-0.4, -0.2) is 38.0 Å². The first kappa shape index (κ1) is 17.9. The number of amides is 1. The van der Waals surface area contributed by atoms with Crippen LogP contribution in [0.25, 0.3) is 11.5 Å². The summed E-state index contributed by atoms with van der Waals surface area (Å²) >= 11 is 1.32. The number of benzene rings is 1. The molecule has 1 amide bonds. The predicted molar refractivity (Wildman–Crippen MR) is 101 cm³/mol. The molecule has 0 bridgehead atoms. The lowest BCUT2D eigenvalue weighted by atomic mass is 10.3. The molecule has 2 heterocycles. The molecule has 0 atom stereocenters. The van der Waals surface area contributed by atoms with E-state index in [2.05, 4.69) is 20.5 Å². The minimum absolute atomic E-state index is 0.135. The van der Waals surface area contributed by atoms with E-state index in [1.807, 2.05) is 61.0 Å². The minimum atomic E-state index is -0.135. The second kappa shape index (κ2) is 8.48. The fourth-order valence-corrected chi connectivity index (χ4v) is 3.04. The van der Waals surface area contributed by atoms with E-state index in [1.165, 1.54) is 11.8 Å². The van der Waals surface area contributed by atoms with Crippen molar-refractivity contribution in [2.75, 3.05) is 17.7 Å². The number of ether oxygens (including phenoxy) is 1. The summed E-state index contributed by atoms with van der Waals surface area (Å²) in [6.45, 7) is 2.44. The van der Waals surface area contributed by atoms with Gasteiger partial charge in [-0.1, -0.05) is 30.0 Å². The molecule has 134 valence electrons. The summed E-state index contributed by atoms with van der Waals surface area (Å²) in [4.78, 5) is 16.5. The molecule has 26 heavy (non-hydrogen) atoms. The smallest absolute Gasteiger partial charge is 0.234 e. The molecule has 7 nitrogen and oxygen atoms in total. The van der Waals surface area contributed by atoms with Gasteiger partial charge in [0, 0.05) is 13.2 Å². The molecule has 0 unspecified atom stereocenters. The Kier molecular flexibility index (Phi) is 5.85. The number of hydrogen-bond acceptors (Lipinski definition) is 6. The molecule has 0 aliphatic rings. The highest BCUT2D eigenvalue weighted by atomic mass is 32.2. The van der Waals surface area contributed by atoms with E-state index in [9.17, 15) is 4.79 Å². The standard InChI is InChI=1S/C18H19N5O2S/c1-3-25-15-10-5-4-8-13(15)20-16(24)12-26-18-22-21-17(23(18)2)14-9-6-7-11-19-14/h4-11H,3,12H2,1-2H3,(H,20,24). The SMILES string of the molecule is CCOc1ccccc1NC(=O)CSc1nnc(-c2ccccn2)n1C. The van der Waals surface area contributed by atoms with Crippen molar-refractivity contribution in [1.29, 1.82) is 0 Å². The maximum absolute atomic E-state index is 12.3. The number of para-hydroxylation sites is 2. The van der Waals surface area contributed by atoms with Gasteiger partial charge in [-0.05, 0) is 31.2 Å². The second-order valence-corrected chi connectivity index (χ2v) is 6.29. The van der Waals surface area contributed by atoms with Crippen molar-refractivity contribution < 1.29 is 9.53 Å². The average Bonchev–Trinajstić information content (AvgIpc) is 3.03. The lowest BCUT2D eigenvalue weighted by molar-refractivity contribution is -0.113. The van der Waals surface area contributed by atoms with Crippen LogP contribution in [0.1, 0.15) is 6.92 Å². The Bertz CT molecular complexity index is 882. The van der Waals surface area contributed by atoms with E-state index >= 15 is 0 Å². The first-order valence-corrected chi connectivity index (χ1v) is 9.13. The van der Waals surface area contributed by atoms with E-state index in [-0.39, 0.29) is 11.7 Å². The molecule has 8 heteroatoms. The largest absolute Gasteiger partial charge is 0.492 e. The predicted octanol–water partition coefficient (Wildman–Crippen LogP) is 3.01. The van der Waals surface area contributed by atoms with Crippen molar-refractivity contribution in [2.24, 2.45) is 7.05 Å². The Morgan fingerprint density at radius 2 is 2.00 bits per heavy atom. The molecule has 1 N–H and O–H groups in total. The maximum Gasteiger partial charge on any atom is 0.234 e. The topological polar surface area (TPSA) is 81.9 Å². The van der Waals surface area contributed by atoms with Crippen LogP contribution in [0.2, 0.25) is 0 Å². The number of rotatable bonds is 7. The third-order valence-electron chi connectivity index (χ3n) is 3.52. The molecule has 0 saturated carbocycles. The number of carbonyl (C=O) groups is 1. The van der Waals surface area contributed by atoms with Gasteiger partial charge >= 0.3 is 0 Å². The number of anilines is 1. The lowest BCUT2D eigenvalue weighted by Crippen LogP contribution is -2.15. The van der Waals surface area contributed by atoms with Gasteiger partial charge in [0.2, 0.25) is 5.91 Å². The van der Waals surface area contributed by atoms with Gasteiger partial charge in [0.15, 0.2) is 11.0 Å². The molecule has 0 aliphatic heterocycles. The van der Waals surface area contributed by atoms with Crippen molar-refractivity contribution in [2.45, 2.75) is 12.1 Å². The Morgan fingerprint density at radius 1 is 1.19 bits per heavy atom. The molecule has 0 saturated heterocycles. The van der Waals surface area contributed by atoms with Gasteiger partial charge in [-0.25, -0.2) is 0 Å². The van der Waals surface area contributed by atoms with E-state index in [4.69, 9.17) is 4.74 Å². The van der Waals surface area contributed by atoms with Gasteiger partial charge < -0.3 is 14.6 Å². The summed E-state index contributed by atoms with van der Waals surface area (Å²) in [6, 6.07) is 13.0. The van der Waals surface area contributed by atoms with Crippen molar-refractivity contribution >= 4 is 23.4 Å². The molecule has 0 fully saturated rings. The highest BCUT2D eigenvalue weighted by molar-refractivity contribution is 7.99. The van der Waals surface area contributed by atoms with Crippen LogP contribution in [0.5, 0.6) is 5.75 Å². The van der Waals surface area contributed by atoms with Crippen LogP contribution in [0.4, 0.5) is 5.69 Å². The molecule has 0 radical (unpaired) electrons. The average molecular weight is 369 g/mol. The van der Waals surface area contributed by atoms with Gasteiger partial charge in [-0.2, -0.15) is 0 Å². The molecule has 3 rings (SSSR count). The second-order valence-electron chi connectivity index (χ2n) is 5.35. The van der Waals surface area contributed by atoms with E-state index in [0.717, 1.165) is 5.69 Å². The van der Waals surface area contributed by atoms with E-state index < -0.39 is 0 Å². The number of nitrogens with zero attached hydrogens (tertiary/aromatic N) is 4. The van der Waals surface area contributed by atoms with Crippen LogP contribution >= 0.6 is 11.8 Å². The molecule has 0 aliphatic carbocycles. The molecule has 0 spiro atoms. The summed E-state index contributed by atoms with van der Waals surface area (Å²) in [5, 5.41) is 11.8. The summed E-state index contributed by atoms with van der Waals surface area (Å²) in [5.74, 6) is 1.40. The fraction of sp³-hybridized carbons (Fsp3) is 0.222.